The van der Waals surface area contributed by atoms with Crippen LogP contribution in [0.1, 0.15) is 33.7 Å². The number of amides is 1. The highest BCUT2D eigenvalue weighted by Gasteiger charge is 2.22. The van der Waals surface area contributed by atoms with E-state index in [0.717, 1.165) is 46.0 Å². The van der Waals surface area contributed by atoms with Crippen LogP contribution in [-0.2, 0) is 30.7 Å². The van der Waals surface area contributed by atoms with E-state index in [1.54, 1.807) is 15.9 Å². The molecular formula is C22H23N3O2S2. The fourth-order valence-corrected chi connectivity index (χ4v) is 5.12. The molecule has 1 N–H and O–H groups in total. The lowest BCUT2D eigenvalue weighted by molar-refractivity contribution is -0.118. The van der Waals surface area contributed by atoms with Crippen molar-refractivity contribution >= 4 is 29.0 Å². The number of thioether (sulfide) groups is 1. The van der Waals surface area contributed by atoms with Crippen LogP contribution in [0.25, 0.3) is 0 Å². The van der Waals surface area contributed by atoms with Crippen molar-refractivity contribution in [2.45, 2.75) is 44.3 Å². The molecule has 0 spiro atoms. The maximum atomic E-state index is 12.7. The third kappa shape index (κ3) is 4.79. The molecule has 0 aliphatic heterocycles. The molecule has 2 aromatic heterocycles. The average Bonchev–Trinajstić information content (AvgIpc) is 3.40. The standard InChI is InChI=1S/C22H23N3O2S2/c1-15-7-9-16(10-8-15)12-23-20(26)14-29-21-18-5-2-6-19(18)25(22(27)24-21)13-17-4-3-11-28-17/h3-4,7-11H,2,5-6,12-14H2,1H3,(H,23,26). The van der Waals surface area contributed by atoms with E-state index in [-0.39, 0.29) is 17.3 Å². The summed E-state index contributed by atoms with van der Waals surface area (Å²) in [5.74, 6) is 0.214. The number of carbonyl (C=O) groups is 1. The van der Waals surface area contributed by atoms with E-state index < -0.39 is 0 Å². The molecule has 7 heteroatoms. The van der Waals surface area contributed by atoms with Gasteiger partial charge in [-0.15, -0.1) is 11.3 Å². The Labute approximate surface area is 178 Å². The number of nitrogens with one attached hydrogen (secondary N) is 1. The van der Waals surface area contributed by atoms with Crippen molar-refractivity contribution in [2.75, 3.05) is 5.75 Å². The summed E-state index contributed by atoms with van der Waals surface area (Å²) >= 11 is 3.02. The number of hydrogen-bond donors (Lipinski definition) is 1. The van der Waals surface area contributed by atoms with Crippen molar-refractivity contribution in [1.82, 2.24) is 14.9 Å². The molecular weight excluding hydrogens is 402 g/mol. The van der Waals surface area contributed by atoms with Gasteiger partial charge in [-0.25, -0.2) is 4.79 Å². The second-order valence-corrected chi connectivity index (χ2v) is 9.19. The first-order valence-corrected chi connectivity index (χ1v) is 11.6. The number of hydrogen-bond acceptors (Lipinski definition) is 5. The first-order chi connectivity index (χ1) is 14.1. The van der Waals surface area contributed by atoms with Crippen LogP contribution in [0.3, 0.4) is 0 Å². The van der Waals surface area contributed by atoms with Crippen molar-refractivity contribution in [1.29, 1.82) is 0 Å². The van der Waals surface area contributed by atoms with Crippen LogP contribution in [0.4, 0.5) is 0 Å². The van der Waals surface area contributed by atoms with Gasteiger partial charge in [0.2, 0.25) is 5.91 Å². The number of carbonyl (C=O) groups excluding carboxylic acids is 1. The smallest absolute Gasteiger partial charge is 0.349 e. The Bertz CT molecular complexity index is 1060. The lowest BCUT2D eigenvalue weighted by Gasteiger charge is -2.13. The number of aryl methyl sites for hydroxylation is 1. The second kappa shape index (κ2) is 8.97. The van der Waals surface area contributed by atoms with Crippen LogP contribution in [-0.4, -0.2) is 21.2 Å². The van der Waals surface area contributed by atoms with Gasteiger partial charge in [0.25, 0.3) is 0 Å². The number of aromatic nitrogens is 2. The zero-order valence-electron chi connectivity index (χ0n) is 16.3. The maximum absolute atomic E-state index is 12.7. The summed E-state index contributed by atoms with van der Waals surface area (Å²) < 4.78 is 1.80. The Morgan fingerprint density at radius 2 is 2.07 bits per heavy atom. The molecule has 0 saturated heterocycles. The largest absolute Gasteiger partial charge is 0.351 e. The van der Waals surface area contributed by atoms with Crippen LogP contribution in [0.15, 0.2) is 51.6 Å². The Balaban J connectivity index is 1.42. The van der Waals surface area contributed by atoms with E-state index in [2.05, 4.69) is 10.3 Å². The van der Waals surface area contributed by atoms with Gasteiger partial charge in [0.15, 0.2) is 0 Å². The molecule has 29 heavy (non-hydrogen) atoms. The Morgan fingerprint density at radius 1 is 1.24 bits per heavy atom. The van der Waals surface area contributed by atoms with E-state index in [1.807, 2.05) is 48.7 Å². The molecule has 4 rings (SSSR count). The van der Waals surface area contributed by atoms with Crippen molar-refractivity contribution in [3.63, 3.8) is 0 Å². The summed E-state index contributed by atoms with van der Waals surface area (Å²) in [7, 11) is 0. The van der Waals surface area contributed by atoms with Crippen LogP contribution < -0.4 is 11.0 Å². The molecule has 0 saturated carbocycles. The molecule has 2 heterocycles. The van der Waals surface area contributed by atoms with Gasteiger partial charge in [0.1, 0.15) is 5.03 Å². The minimum atomic E-state index is -0.221. The molecule has 0 atom stereocenters. The predicted molar refractivity (Wildman–Crippen MR) is 118 cm³/mol. The van der Waals surface area contributed by atoms with Gasteiger partial charge < -0.3 is 5.32 Å². The Kier molecular flexibility index (Phi) is 6.16. The van der Waals surface area contributed by atoms with Crippen molar-refractivity contribution in [3.05, 3.63) is 79.5 Å². The molecule has 1 aliphatic carbocycles. The monoisotopic (exact) mass is 425 g/mol. The van der Waals surface area contributed by atoms with Crippen LogP contribution in [0, 0.1) is 6.92 Å². The van der Waals surface area contributed by atoms with Crippen molar-refractivity contribution in [2.24, 2.45) is 0 Å². The van der Waals surface area contributed by atoms with Crippen LogP contribution in [0.2, 0.25) is 0 Å². The molecule has 0 radical (unpaired) electrons. The molecule has 150 valence electrons. The van der Waals surface area contributed by atoms with E-state index in [4.69, 9.17) is 0 Å². The predicted octanol–water partition coefficient (Wildman–Crippen LogP) is 3.56. The number of benzene rings is 1. The summed E-state index contributed by atoms with van der Waals surface area (Å²) in [5, 5.41) is 5.68. The Morgan fingerprint density at radius 3 is 2.83 bits per heavy atom. The first kappa shape index (κ1) is 19.9. The second-order valence-electron chi connectivity index (χ2n) is 7.19. The quantitative estimate of drug-likeness (QED) is 0.464. The fraction of sp³-hybridized carbons (Fsp3) is 0.318. The minimum Gasteiger partial charge on any atom is -0.351 e. The van der Waals surface area contributed by atoms with E-state index in [9.17, 15) is 9.59 Å². The van der Waals surface area contributed by atoms with Gasteiger partial charge in [0, 0.05) is 22.7 Å². The number of nitrogens with zero attached hydrogens (tertiary/aromatic N) is 2. The summed E-state index contributed by atoms with van der Waals surface area (Å²) in [6.07, 6.45) is 2.84. The van der Waals surface area contributed by atoms with Gasteiger partial charge in [-0.2, -0.15) is 4.98 Å². The van der Waals surface area contributed by atoms with Gasteiger partial charge in [-0.05, 0) is 43.2 Å². The van der Waals surface area contributed by atoms with Gasteiger partial charge in [0.05, 0.1) is 12.3 Å². The molecule has 0 unspecified atom stereocenters. The van der Waals surface area contributed by atoms with Gasteiger partial charge >= 0.3 is 5.69 Å². The molecule has 5 nitrogen and oxygen atoms in total. The summed E-state index contributed by atoms with van der Waals surface area (Å²) in [4.78, 5) is 30.4. The molecule has 1 aromatic carbocycles. The third-order valence-electron chi connectivity index (χ3n) is 5.05. The topological polar surface area (TPSA) is 64.0 Å². The zero-order valence-corrected chi connectivity index (χ0v) is 17.9. The number of thiophene rings is 1. The van der Waals surface area contributed by atoms with Crippen LogP contribution in [0.5, 0.6) is 0 Å². The van der Waals surface area contributed by atoms with Crippen molar-refractivity contribution in [3.8, 4) is 0 Å². The van der Waals surface area contributed by atoms with E-state index in [0.29, 0.717) is 13.1 Å². The molecule has 1 aliphatic rings. The maximum Gasteiger partial charge on any atom is 0.349 e. The molecule has 0 bridgehead atoms. The lowest BCUT2D eigenvalue weighted by atomic mass is 10.1. The SMILES string of the molecule is Cc1ccc(CNC(=O)CSc2nc(=O)n(Cc3cccs3)c3c2CCC3)cc1. The minimum absolute atomic E-state index is 0.0492. The van der Waals surface area contributed by atoms with Gasteiger partial charge in [-0.1, -0.05) is 47.7 Å². The summed E-state index contributed by atoms with van der Waals surface area (Å²) in [6, 6.07) is 12.1. The summed E-state index contributed by atoms with van der Waals surface area (Å²) in [6.45, 7) is 3.13. The molecule has 3 aromatic rings. The molecule has 0 fully saturated rings. The highest BCUT2D eigenvalue weighted by atomic mass is 32.2. The lowest BCUT2D eigenvalue weighted by Crippen LogP contribution is -2.28. The van der Waals surface area contributed by atoms with Crippen molar-refractivity contribution < 1.29 is 4.79 Å². The number of fused-ring (bicyclic) bond motifs is 1. The fourth-order valence-electron chi connectivity index (χ4n) is 3.52. The third-order valence-corrected chi connectivity index (χ3v) is 6.92. The highest BCUT2D eigenvalue weighted by molar-refractivity contribution is 7.99. The average molecular weight is 426 g/mol. The van der Waals surface area contributed by atoms with E-state index >= 15 is 0 Å². The summed E-state index contributed by atoms with van der Waals surface area (Å²) in [5.41, 5.74) is 4.27. The first-order valence-electron chi connectivity index (χ1n) is 9.70. The van der Waals surface area contributed by atoms with Gasteiger partial charge in [-0.3, -0.25) is 9.36 Å². The normalized spacial score (nSPS) is 12.7. The highest BCUT2D eigenvalue weighted by Crippen LogP contribution is 2.29. The number of rotatable bonds is 7. The van der Waals surface area contributed by atoms with Crippen LogP contribution >= 0.6 is 23.1 Å². The van der Waals surface area contributed by atoms with E-state index in [1.165, 1.54) is 17.3 Å². The Hall–Kier alpha value is -2.38. The molecule has 1 amide bonds. The zero-order chi connectivity index (χ0) is 20.2.